The molecule has 0 saturated carbocycles. The number of nitrogens with one attached hydrogen (secondary N) is 2. The maximum Gasteiger partial charge on any atom is 0.339 e. The molecule has 0 aliphatic carbocycles. The highest BCUT2D eigenvalue weighted by Gasteiger charge is 2.26. The summed E-state index contributed by atoms with van der Waals surface area (Å²) in [4.78, 5) is 28.6. The molecule has 1 fully saturated rings. The fourth-order valence-corrected chi connectivity index (χ4v) is 3.10. The van der Waals surface area contributed by atoms with Crippen LogP contribution in [0, 0.1) is 19.8 Å². The molecular weight excluding hydrogens is 268 g/mol. The fraction of sp³-hybridized carbons (Fsp3) is 0.625. The van der Waals surface area contributed by atoms with Crippen LogP contribution < -0.4 is 4.90 Å². The van der Waals surface area contributed by atoms with Gasteiger partial charge in [-0.05, 0) is 38.2 Å². The zero-order chi connectivity index (χ0) is 15.6. The Morgan fingerprint density at radius 2 is 1.90 bits per heavy atom. The van der Waals surface area contributed by atoms with E-state index in [0.29, 0.717) is 29.1 Å². The van der Waals surface area contributed by atoms with Gasteiger partial charge in [-0.1, -0.05) is 6.92 Å². The number of methoxy groups -OCH3 is 1. The minimum atomic E-state index is -0.389. The SMILES string of the molecule is COC(=O)c1c(C)[nH]c(C(=O)C[NH+]2CCC(C)CC2)c1C. The highest BCUT2D eigenvalue weighted by Crippen LogP contribution is 2.19. The van der Waals surface area contributed by atoms with E-state index in [2.05, 4.69) is 11.9 Å². The van der Waals surface area contributed by atoms with Crippen molar-refractivity contribution in [3.8, 4) is 0 Å². The van der Waals surface area contributed by atoms with Gasteiger partial charge >= 0.3 is 5.97 Å². The summed E-state index contributed by atoms with van der Waals surface area (Å²) in [5, 5.41) is 0. The van der Waals surface area contributed by atoms with Gasteiger partial charge in [0, 0.05) is 5.69 Å². The van der Waals surface area contributed by atoms with Crippen LogP contribution in [-0.2, 0) is 4.74 Å². The quantitative estimate of drug-likeness (QED) is 0.641. The number of hydrogen-bond donors (Lipinski definition) is 2. The normalized spacial score (nSPS) is 22.1. The van der Waals surface area contributed by atoms with Gasteiger partial charge in [-0.25, -0.2) is 4.79 Å². The van der Waals surface area contributed by atoms with Crippen LogP contribution in [0.1, 0.15) is 51.9 Å². The molecule has 0 spiro atoms. The lowest BCUT2D eigenvalue weighted by Crippen LogP contribution is -3.13. The molecule has 0 atom stereocenters. The molecule has 5 heteroatoms. The van der Waals surface area contributed by atoms with Gasteiger partial charge in [0.25, 0.3) is 0 Å². The summed E-state index contributed by atoms with van der Waals surface area (Å²) in [5.74, 6) is 0.457. The molecule has 0 bridgehead atoms. The number of carbonyl (C=O) groups is 2. The minimum absolute atomic E-state index is 0.0790. The lowest BCUT2D eigenvalue weighted by atomic mass is 9.99. The summed E-state index contributed by atoms with van der Waals surface area (Å²) in [5.41, 5.74) is 2.45. The number of H-pyrrole nitrogens is 1. The predicted octanol–water partition coefficient (Wildman–Crippen LogP) is 0.916. The first-order valence-electron chi connectivity index (χ1n) is 7.58. The standard InChI is InChI=1S/C16H24N2O3/c1-10-5-7-18(8-6-10)9-13(19)15-11(2)14(12(3)17-15)16(20)21-4/h10,17H,5-9H2,1-4H3/p+1. The summed E-state index contributed by atoms with van der Waals surface area (Å²) in [7, 11) is 1.36. The molecule has 116 valence electrons. The molecule has 21 heavy (non-hydrogen) atoms. The lowest BCUT2D eigenvalue weighted by molar-refractivity contribution is -0.897. The highest BCUT2D eigenvalue weighted by molar-refractivity contribution is 6.01. The summed E-state index contributed by atoms with van der Waals surface area (Å²) in [6.45, 7) is 8.46. The third-order valence-corrected chi connectivity index (χ3v) is 4.50. The molecule has 5 nitrogen and oxygen atoms in total. The van der Waals surface area contributed by atoms with Gasteiger partial charge in [0.15, 0.2) is 0 Å². The second-order valence-electron chi connectivity index (χ2n) is 6.15. The van der Waals surface area contributed by atoms with E-state index in [0.717, 1.165) is 19.0 Å². The minimum Gasteiger partial charge on any atom is -0.465 e. The van der Waals surface area contributed by atoms with Crippen molar-refractivity contribution in [1.82, 2.24) is 4.98 Å². The molecule has 0 radical (unpaired) electrons. The van der Waals surface area contributed by atoms with Crippen LogP contribution in [0.25, 0.3) is 0 Å². The number of carbonyl (C=O) groups excluding carboxylic acids is 2. The van der Waals surface area contributed by atoms with Crippen LogP contribution in [0.3, 0.4) is 0 Å². The van der Waals surface area contributed by atoms with Crippen molar-refractivity contribution in [2.45, 2.75) is 33.6 Å². The largest absolute Gasteiger partial charge is 0.465 e. The van der Waals surface area contributed by atoms with Crippen LogP contribution in [-0.4, -0.2) is 43.5 Å². The Morgan fingerprint density at radius 3 is 2.48 bits per heavy atom. The van der Waals surface area contributed by atoms with Gasteiger partial charge in [0.1, 0.15) is 6.54 Å². The number of quaternary nitrogens is 1. The molecule has 0 amide bonds. The molecule has 1 aliphatic heterocycles. The number of aromatic amines is 1. The Kier molecular flexibility index (Phi) is 4.83. The summed E-state index contributed by atoms with van der Waals surface area (Å²) in [6, 6.07) is 0. The first-order valence-corrected chi connectivity index (χ1v) is 7.58. The summed E-state index contributed by atoms with van der Waals surface area (Å²) >= 11 is 0. The van der Waals surface area contributed by atoms with E-state index in [9.17, 15) is 9.59 Å². The highest BCUT2D eigenvalue weighted by atomic mass is 16.5. The molecule has 1 saturated heterocycles. The van der Waals surface area contributed by atoms with E-state index in [-0.39, 0.29) is 11.8 Å². The van der Waals surface area contributed by atoms with Crippen molar-refractivity contribution in [2.24, 2.45) is 5.92 Å². The fourth-order valence-electron chi connectivity index (χ4n) is 3.10. The monoisotopic (exact) mass is 293 g/mol. The van der Waals surface area contributed by atoms with Gasteiger partial charge in [-0.15, -0.1) is 0 Å². The molecule has 1 aromatic rings. The molecule has 0 unspecified atom stereocenters. The Balaban J connectivity index is 2.11. The zero-order valence-electron chi connectivity index (χ0n) is 13.3. The van der Waals surface area contributed by atoms with E-state index in [4.69, 9.17) is 4.74 Å². The number of Topliss-reactive ketones (excluding diaryl/α,β-unsaturated/α-hetero) is 1. The van der Waals surface area contributed by atoms with E-state index in [1.54, 1.807) is 13.8 Å². The van der Waals surface area contributed by atoms with Crippen LogP contribution in [0.2, 0.25) is 0 Å². The number of ether oxygens (including phenoxy) is 1. The number of aromatic nitrogens is 1. The van der Waals surface area contributed by atoms with Gasteiger partial charge in [-0.3, -0.25) is 4.79 Å². The van der Waals surface area contributed by atoms with Crippen LogP contribution in [0.4, 0.5) is 0 Å². The average molecular weight is 293 g/mol. The van der Waals surface area contributed by atoms with Gasteiger partial charge < -0.3 is 14.6 Å². The number of likely N-dealkylation sites (tertiary alicyclic amines) is 1. The number of hydrogen-bond acceptors (Lipinski definition) is 3. The van der Waals surface area contributed by atoms with Crippen LogP contribution in [0.5, 0.6) is 0 Å². The van der Waals surface area contributed by atoms with Crippen LogP contribution >= 0.6 is 0 Å². The second kappa shape index (κ2) is 6.43. The maximum absolute atomic E-state index is 12.5. The summed E-state index contributed by atoms with van der Waals surface area (Å²) in [6.07, 6.45) is 2.36. The number of ketones is 1. The number of esters is 1. The van der Waals surface area contributed by atoms with Crippen molar-refractivity contribution in [3.05, 3.63) is 22.5 Å². The van der Waals surface area contributed by atoms with E-state index in [1.807, 2.05) is 0 Å². The molecule has 1 aromatic heterocycles. The topological polar surface area (TPSA) is 63.6 Å². The van der Waals surface area contributed by atoms with Crippen molar-refractivity contribution >= 4 is 11.8 Å². The number of piperidine rings is 1. The Bertz CT molecular complexity index is 540. The third kappa shape index (κ3) is 3.35. The molecule has 1 aliphatic rings. The van der Waals surface area contributed by atoms with E-state index >= 15 is 0 Å². The molecule has 2 heterocycles. The van der Waals surface area contributed by atoms with Gasteiger partial charge in [-0.2, -0.15) is 0 Å². The molecule has 0 aromatic carbocycles. The van der Waals surface area contributed by atoms with Gasteiger partial charge in [0.05, 0.1) is 31.5 Å². The smallest absolute Gasteiger partial charge is 0.339 e. The Hall–Kier alpha value is -1.62. The lowest BCUT2D eigenvalue weighted by Gasteiger charge is -2.26. The molecular formula is C16H25N2O3+. The van der Waals surface area contributed by atoms with Crippen molar-refractivity contribution in [2.75, 3.05) is 26.7 Å². The average Bonchev–Trinajstić information content (AvgIpc) is 2.76. The number of rotatable bonds is 4. The van der Waals surface area contributed by atoms with Crippen LogP contribution in [0.15, 0.2) is 0 Å². The number of aryl methyl sites for hydroxylation is 1. The van der Waals surface area contributed by atoms with Crippen molar-refractivity contribution in [1.29, 1.82) is 0 Å². The van der Waals surface area contributed by atoms with Crippen molar-refractivity contribution < 1.29 is 19.2 Å². The van der Waals surface area contributed by atoms with Crippen molar-refractivity contribution in [3.63, 3.8) is 0 Å². The molecule has 2 rings (SSSR count). The second-order valence-corrected chi connectivity index (χ2v) is 6.15. The predicted molar refractivity (Wildman–Crippen MR) is 79.9 cm³/mol. The first kappa shape index (κ1) is 15.8. The summed E-state index contributed by atoms with van der Waals surface area (Å²) < 4.78 is 4.78. The molecule has 2 N–H and O–H groups in total. The Labute approximate surface area is 125 Å². The van der Waals surface area contributed by atoms with E-state index < -0.39 is 0 Å². The van der Waals surface area contributed by atoms with Gasteiger partial charge in [0.2, 0.25) is 5.78 Å². The Morgan fingerprint density at radius 1 is 1.29 bits per heavy atom. The zero-order valence-corrected chi connectivity index (χ0v) is 13.3. The first-order chi connectivity index (χ1) is 9.93. The maximum atomic E-state index is 12.5. The van der Waals surface area contributed by atoms with E-state index in [1.165, 1.54) is 24.9 Å². The third-order valence-electron chi connectivity index (χ3n) is 4.50.